The van der Waals surface area contributed by atoms with Gasteiger partial charge in [-0.2, -0.15) is 10.1 Å². The number of anilines is 1. The second kappa shape index (κ2) is 4.75. The van der Waals surface area contributed by atoms with Gasteiger partial charge in [0, 0.05) is 15.5 Å². The minimum Gasteiger partial charge on any atom is -0.466 e. The molecule has 0 saturated carbocycles. The van der Waals surface area contributed by atoms with Crippen LogP contribution in [-0.4, -0.2) is 27.8 Å². The zero-order valence-electron chi connectivity index (χ0n) is 11.4. The molecule has 0 fully saturated rings. The summed E-state index contributed by atoms with van der Waals surface area (Å²) in [7, 11) is 1.39. The second-order valence-corrected chi connectivity index (χ2v) is 5.85. The molecule has 0 radical (unpaired) electrons. The molecule has 0 amide bonds. The maximum Gasteiger partial charge on any atom is 0.338 e. The van der Waals surface area contributed by atoms with E-state index in [1.807, 2.05) is 26.0 Å². The van der Waals surface area contributed by atoms with Crippen molar-refractivity contribution in [3.63, 3.8) is 0 Å². The zero-order valence-corrected chi connectivity index (χ0v) is 12.2. The van der Waals surface area contributed by atoms with E-state index in [4.69, 9.17) is 4.74 Å². The molecular weight excluding hydrogens is 276 g/mol. The molecule has 104 valence electrons. The second-order valence-electron chi connectivity index (χ2n) is 4.53. The lowest BCUT2D eigenvalue weighted by atomic mass is 10.0. The quantitative estimate of drug-likeness (QED) is 0.858. The van der Waals surface area contributed by atoms with Gasteiger partial charge in [-0.05, 0) is 26.0 Å². The fourth-order valence-electron chi connectivity index (χ4n) is 2.33. The monoisotopic (exact) mass is 290 g/mol. The highest BCUT2D eigenvalue weighted by Gasteiger charge is 2.34. The number of hydrogen-bond donors (Lipinski definition) is 1. The molecule has 7 heteroatoms. The van der Waals surface area contributed by atoms with Crippen LogP contribution in [0.1, 0.15) is 22.7 Å². The van der Waals surface area contributed by atoms with Gasteiger partial charge in [-0.25, -0.2) is 9.48 Å². The highest BCUT2D eigenvalue weighted by molar-refractivity contribution is 7.12. The van der Waals surface area contributed by atoms with Crippen LogP contribution in [0.3, 0.4) is 0 Å². The van der Waals surface area contributed by atoms with Gasteiger partial charge < -0.3 is 10.1 Å². The molecule has 20 heavy (non-hydrogen) atoms. The van der Waals surface area contributed by atoms with Crippen LogP contribution in [-0.2, 0) is 9.53 Å². The molecule has 0 spiro atoms. The fraction of sp³-hybridized carbons (Fsp3) is 0.308. The van der Waals surface area contributed by atoms with Crippen LogP contribution in [0.4, 0.5) is 5.95 Å². The summed E-state index contributed by atoms with van der Waals surface area (Å²) in [6.07, 6.45) is 1.48. The number of aryl methyl sites for hydroxylation is 1. The Morgan fingerprint density at radius 3 is 2.90 bits per heavy atom. The Labute approximate surface area is 120 Å². The number of ether oxygens (including phenoxy) is 1. The van der Waals surface area contributed by atoms with Crippen LogP contribution in [0.25, 0.3) is 0 Å². The molecule has 1 aliphatic heterocycles. The largest absolute Gasteiger partial charge is 0.466 e. The summed E-state index contributed by atoms with van der Waals surface area (Å²) in [6, 6.07) is 3.75. The Bertz CT molecular complexity index is 701. The third kappa shape index (κ3) is 1.90. The normalized spacial score (nSPS) is 17.6. The molecular formula is C13H14N4O2S. The number of thiophene rings is 1. The number of fused-ring (bicyclic) bond motifs is 1. The van der Waals surface area contributed by atoms with Crippen LogP contribution in [0.5, 0.6) is 0 Å². The van der Waals surface area contributed by atoms with Crippen molar-refractivity contribution in [2.75, 3.05) is 12.4 Å². The number of rotatable bonds is 2. The molecule has 1 N–H and O–H groups in total. The molecule has 0 aliphatic carbocycles. The molecule has 1 aliphatic rings. The van der Waals surface area contributed by atoms with Crippen molar-refractivity contribution in [3.05, 3.63) is 39.5 Å². The standard InChI is InChI=1S/C13H14N4O2S/c1-7-4-5-9(20-7)11-10(12(18)19-3)8(2)16-13-14-6-15-17(11)13/h4-6,11H,1-3H3,(H,14,15,16)/t11-/m0/s1. The molecule has 2 aromatic rings. The SMILES string of the molecule is COC(=O)C1=C(C)Nc2ncnn2[C@H]1c1ccc(C)s1. The predicted molar refractivity (Wildman–Crippen MR) is 75.6 cm³/mol. The van der Waals surface area contributed by atoms with Gasteiger partial charge in [-0.15, -0.1) is 11.3 Å². The molecule has 3 rings (SSSR count). The van der Waals surface area contributed by atoms with E-state index < -0.39 is 0 Å². The number of allylic oxidation sites excluding steroid dienone is 1. The number of esters is 1. The van der Waals surface area contributed by atoms with Crippen molar-refractivity contribution in [3.8, 4) is 0 Å². The summed E-state index contributed by atoms with van der Waals surface area (Å²) in [6.45, 7) is 3.88. The number of aromatic nitrogens is 3. The van der Waals surface area contributed by atoms with Gasteiger partial charge in [-0.3, -0.25) is 0 Å². The molecule has 1 atom stereocenters. The highest BCUT2D eigenvalue weighted by Crippen LogP contribution is 2.37. The number of hydrogen-bond acceptors (Lipinski definition) is 6. The van der Waals surface area contributed by atoms with Crippen LogP contribution in [0.2, 0.25) is 0 Å². The Morgan fingerprint density at radius 1 is 1.45 bits per heavy atom. The third-order valence-corrected chi connectivity index (χ3v) is 4.28. The summed E-state index contributed by atoms with van der Waals surface area (Å²) < 4.78 is 6.63. The molecule has 2 aromatic heterocycles. The predicted octanol–water partition coefficient (Wildman–Crippen LogP) is 2.11. The first-order chi connectivity index (χ1) is 9.61. The van der Waals surface area contributed by atoms with Gasteiger partial charge in [-0.1, -0.05) is 0 Å². The molecule has 3 heterocycles. The summed E-state index contributed by atoms with van der Waals surface area (Å²) in [5.74, 6) is 0.276. The molecule has 6 nitrogen and oxygen atoms in total. The lowest BCUT2D eigenvalue weighted by Gasteiger charge is -2.26. The topological polar surface area (TPSA) is 69.0 Å². The summed E-state index contributed by atoms with van der Waals surface area (Å²) in [4.78, 5) is 18.5. The average molecular weight is 290 g/mol. The van der Waals surface area contributed by atoms with Crippen molar-refractivity contribution in [1.29, 1.82) is 0 Å². The number of nitrogens with one attached hydrogen (secondary N) is 1. The minimum absolute atomic E-state index is 0.292. The highest BCUT2D eigenvalue weighted by atomic mass is 32.1. The van der Waals surface area contributed by atoms with Crippen molar-refractivity contribution in [1.82, 2.24) is 14.8 Å². The number of methoxy groups -OCH3 is 1. The van der Waals surface area contributed by atoms with Gasteiger partial charge in [0.25, 0.3) is 0 Å². The summed E-state index contributed by atoms with van der Waals surface area (Å²) in [5, 5.41) is 7.32. The van der Waals surface area contributed by atoms with Crippen molar-refractivity contribution in [2.24, 2.45) is 0 Å². The number of carbonyl (C=O) groups excluding carboxylic acids is 1. The van der Waals surface area contributed by atoms with E-state index in [0.717, 1.165) is 10.6 Å². The first-order valence-electron chi connectivity index (χ1n) is 6.13. The Hall–Kier alpha value is -2.15. The van der Waals surface area contributed by atoms with E-state index in [0.29, 0.717) is 11.5 Å². The maximum absolute atomic E-state index is 12.1. The lowest BCUT2D eigenvalue weighted by Crippen LogP contribution is -2.28. The summed E-state index contributed by atoms with van der Waals surface area (Å²) >= 11 is 1.64. The lowest BCUT2D eigenvalue weighted by molar-refractivity contribution is -0.136. The van der Waals surface area contributed by atoms with Crippen LogP contribution in [0, 0.1) is 6.92 Å². The van der Waals surface area contributed by atoms with Crippen LogP contribution < -0.4 is 5.32 Å². The van der Waals surface area contributed by atoms with E-state index in [9.17, 15) is 4.79 Å². The Kier molecular flexibility index (Phi) is 3.06. The van der Waals surface area contributed by atoms with E-state index >= 15 is 0 Å². The maximum atomic E-state index is 12.1. The first kappa shape index (κ1) is 12.9. The van der Waals surface area contributed by atoms with Gasteiger partial charge in [0.05, 0.1) is 12.7 Å². The minimum atomic E-state index is -0.354. The summed E-state index contributed by atoms with van der Waals surface area (Å²) in [5.41, 5.74) is 1.31. The van der Waals surface area contributed by atoms with Gasteiger partial charge in [0.15, 0.2) is 0 Å². The van der Waals surface area contributed by atoms with Gasteiger partial charge >= 0.3 is 5.97 Å². The van der Waals surface area contributed by atoms with E-state index in [2.05, 4.69) is 15.4 Å². The van der Waals surface area contributed by atoms with Crippen LogP contribution in [0.15, 0.2) is 29.7 Å². The van der Waals surface area contributed by atoms with Crippen molar-refractivity contribution >= 4 is 23.3 Å². The van der Waals surface area contributed by atoms with Gasteiger partial charge in [0.2, 0.25) is 5.95 Å². The molecule has 0 bridgehead atoms. The Balaban J connectivity index is 2.18. The molecule has 0 saturated heterocycles. The number of nitrogens with zero attached hydrogens (tertiary/aromatic N) is 3. The smallest absolute Gasteiger partial charge is 0.338 e. The molecule has 0 unspecified atom stereocenters. The first-order valence-corrected chi connectivity index (χ1v) is 6.95. The Morgan fingerprint density at radius 2 is 2.25 bits per heavy atom. The third-order valence-electron chi connectivity index (χ3n) is 3.23. The van der Waals surface area contributed by atoms with Crippen molar-refractivity contribution < 1.29 is 9.53 Å². The number of carbonyl (C=O) groups is 1. The zero-order chi connectivity index (χ0) is 14.3. The average Bonchev–Trinajstić information content (AvgIpc) is 3.04. The van der Waals surface area contributed by atoms with E-state index in [1.165, 1.54) is 18.3 Å². The van der Waals surface area contributed by atoms with Crippen molar-refractivity contribution in [2.45, 2.75) is 19.9 Å². The van der Waals surface area contributed by atoms with Gasteiger partial charge in [0.1, 0.15) is 12.4 Å². The van der Waals surface area contributed by atoms with E-state index in [1.54, 1.807) is 16.0 Å². The molecule has 0 aromatic carbocycles. The van der Waals surface area contributed by atoms with E-state index in [-0.39, 0.29) is 12.0 Å². The fourth-order valence-corrected chi connectivity index (χ4v) is 3.30. The van der Waals surface area contributed by atoms with Crippen LogP contribution >= 0.6 is 11.3 Å².